The largest absolute Gasteiger partial charge is 0.352 e. The molecule has 0 spiro atoms. The molecular formula is C16H20N4O5. The molecular weight excluding hydrogens is 328 g/mol. The van der Waals surface area contributed by atoms with Crippen LogP contribution in [0.2, 0.25) is 0 Å². The van der Waals surface area contributed by atoms with Gasteiger partial charge in [0.2, 0.25) is 11.8 Å². The topological polar surface area (TPSA) is 113 Å². The van der Waals surface area contributed by atoms with Crippen LogP contribution >= 0.6 is 0 Å². The Morgan fingerprint density at radius 3 is 2.16 bits per heavy atom. The molecule has 25 heavy (non-hydrogen) atoms. The molecule has 0 aromatic heterocycles. The fourth-order valence-corrected chi connectivity index (χ4v) is 2.55. The van der Waals surface area contributed by atoms with E-state index in [1.165, 1.54) is 31.2 Å². The standard InChI is InChI=1S/C16H20N4O5/c1-12(21)18-8-10-19(11-9-18)15(22)6-7-17-16(23)13-2-4-14(5-3-13)20(24)25/h2-5H,6-11H2,1H3,(H,17,23). The van der Waals surface area contributed by atoms with E-state index in [0.29, 0.717) is 31.7 Å². The van der Waals surface area contributed by atoms with Crippen molar-refractivity contribution >= 4 is 23.4 Å². The van der Waals surface area contributed by atoms with Gasteiger partial charge in [0, 0.05) is 63.8 Å². The number of nitrogens with one attached hydrogen (secondary N) is 1. The van der Waals surface area contributed by atoms with Gasteiger partial charge in [-0.3, -0.25) is 24.5 Å². The van der Waals surface area contributed by atoms with E-state index < -0.39 is 4.92 Å². The predicted octanol–water partition coefficient (Wildman–Crippen LogP) is 0.405. The summed E-state index contributed by atoms with van der Waals surface area (Å²) in [5.74, 6) is -0.459. The summed E-state index contributed by atoms with van der Waals surface area (Å²) in [6.45, 7) is 3.72. The van der Waals surface area contributed by atoms with Gasteiger partial charge in [0.25, 0.3) is 11.6 Å². The Labute approximate surface area is 144 Å². The van der Waals surface area contributed by atoms with Gasteiger partial charge in [-0.2, -0.15) is 0 Å². The number of nitro benzene ring substituents is 1. The number of nitro groups is 1. The van der Waals surface area contributed by atoms with Crippen molar-refractivity contribution in [1.29, 1.82) is 0 Å². The van der Waals surface area contributed by atoms with Crippen molar-refractivity contribution < 1.29 is 19.3 Å². The molecule has 9 heteroatoms. The van der Waals surface area contributed by atoms with Crippen molar-refractivity contribution in [2.45, 2.75) is 13.3 Å². The van der Waals surface area contributed by atoms with Crippen molar-refractivity contribution in [3.63, 3.8) is 0 Å². The number of nitrogens with zero attached hydrogens (tertiary/aromatic N) is 3. The minimum absolute atomic E-state index is 0.00228. The lowest BCUT2D eigenvalue weighted by molar-refractivity contribution is -0.384. The molecule has 0 aliphatic carbocycles. The zero-order chi connectivity index (χ0) is 18.4. The van der Waals surface area contributed by atoms with Crippen LogP contribution in [0.5, 0.6) is 0 Å². The van der Waals surface area contributed by atoms with E-state index in [1.54, 1.807) is 9.80 Å². The summed E-state index contributed by atoms with van der Waals surface area (Å²) in [5.41, 5.74) is 0.213. The highest BCUT2D eigenvalue weighted by Crippen LogP contribution is 2.11. The lowest BCUT2D eigenvalue weighted by atomic mass is 10.2. The molecule has 1 N–H and O–H groups in total. The van der Waals surface area contributed by atoms with Crippen molar-refractivity contribution in [1.82, 2.24) is 15.1 Å². The molecule has 2 rings (SSSR count). The normalized spacial score (nSPS) is 14.1. The van der Waals surface area contributed by atoms with Crippen LogP contribution in [0, 0.1) is 10.1 Å². The number of carbonyl (C=O) groups is 3. The van der Waals surface area contributed by atoms with E-state index in [1.807, 2.05) is 0 Å². The van der Waals surface area contributed by atoms with Crippen molar-refractivity contribution in [2.24, 2.45) is 0 Å². The second-order valence-electron chi connectivity index (χ2n) is 5.70. The van der Waals surface area contributed by atoms with Gasteiger partial charge in [-0.05, 0) is 12.1 Å². The van der Waals surface area contributed by atoms with E-state index in [-0.39, 0.29) is 36.4 Å². The van der Waals surface area contributed by atoms with E-state index in [0.717, 1.165) is 0 Å². The van der Waals surface area contributed by atoms with Crippen LogP contribution in [0.25, 0.3) is 0 Å². The summed E-state index contributed by atoms with van der Waals surface area (Å²) >= 11 is 0. The second kappa shape index (κ2) is 8.22. The highest BCUT2D eigenvalue weighted by Gasteiger charge is 2.22. The number of hydrogen-bond donors (Lipinski definition) is 1. The first-order valence-electron chi connectivity index (χ1n) is 7.94. The number of benzene rings is 1. The lowest BCUT2D eigenvalue weighted by Crippen LogP contribution is -2.50. The van der Waals surface area contributed by atoms with Crippen LogP contribution in [0.1, 0.15) is 23.7 Å². The number of non-ortho nitro benzene ring substituents is 1. The minimum atomic E-state index is -0.536. The maximum atomic E-state index is 12.1. The molecule has 1 aliphatic rings. The predicted molar refractivity (Wildman–Crippen MR) is 88.9 cm³/mol. The molecule has 1 aromatic rings. The lowest BCUT2D eigenvalue weighted by Gasteiger charge is -2.34. The fraction of sp³-hybridized carbons (Fsp3) is 0.438. The molecule has 3 amide bonds. The zero-order valence-electron chi connectivity index (χ0n) is 13.9. The van der Waals surface area contributed by atoms with Crippen LogP contribution in [0.4, 0.5) is 5.69 Å². The summed E-state index contributed by atoms with van der Waals surface area (Å²) in [7, 11) is 0. The van der Waals surface area contributed by atoms with Gasteiger partial charge in [0.1, 0.15) is 0 Å². The quantitative estimate of drug-likeness (QED) is 0.611. The minimum Gasteiger partial charge on any atom is -0.352 e. The zero-order valence-corrected chi connectivity index (χ0v) is 13.9. The van der Waals surface area contributed by atoms with Crippen LogP contribution in [-0.4, -0.2) is 65.2 Å². The summed E-state index contributed by atoms with van der Waals surface area (Å²) < 4.78 is 0. The van der Waals surface area contributed by atoms with Gasteiger partial charge in [-0.15, -0.1) is 0 Å². The number of amides is 3. The van der Waals surface area contributed by atoms with Gasteiger partial charge >= 0.3 is 0 Å². The van der Waals surface area contributed by atoms with Gasteiger partial charge in [-0.1, -0.05) is 0 Å². The molecule has 1 aromatic carbocycles. The molecule has 0 saturated carbocycles. The molecule has 1 fully saturated rings. The molecule has 0 unspecified atom stereocenters. The average Bonchev–Trinajstić information content (AvgIpc) is 2.61. The molecule has 0 atom stereocenters. The molecule has 9 nitrogen and oxygen atoms in total. The molecule has 1 heterocycles. The summed E-state index contributed by atoms with van der Waals surface area (Å²) in [4.78, 5) is 48.7. The highest BCUT2D eigenvalue weighted by molar-refractivity contribution is 5.94. The maximum absolute atomic E-state index is 12.1. The van der Waals surface area contributed by atoms with E-state index >= 15 is 0 Å². The Bertz CT molecular complexity index is 666. The highest BCUT2D eigenvalue weighted by atomic mass is 16.6. The second-order valence-corrected chi connectivity index (χ2v) is 5.70. The first-order chi connectivity index (χ1) is 11.9. The third-order valence-corrected chi connectivity index (χ3v) is 4.04. The fourth-order valence-electron chi connectivity index (χ4n) is 2.55. The molecule has 1 aliphatic heterocycles. The molecule has 0 radical (unpaired) electrons. The van der Waals surface area contributed by atoms with E-state index in [2.05, 4.69) is 5.32 Å². The smallest absolute Gasteiger partial charge is 0.269 e. The van der Waals surface area contributed by atoms with E-state index in [9.17, 15) is 24.5 Å². The Balaban J connectivity index is 1.74. The Morgan fingerprint density at radius 2 is 1.64 bits per heavy atom. The Kier molecular flexibility index (Phi) is 6.04. The van der Waals surface area contributed by atoms with Crippen molar-refractivity contribution in [3.8, 4) is 0 Å². The third kappa shape index (κ3) is 5.00. The van der Waals surface area contributed by atoms with Gasteiger partial charge < -0.3 is 15.1 Å². The van der Waals surface area contributed by atoms with E-state index in [4.69, 9.17) is 0 Å². The molecule has 134 valence electrons. The van der Waals surface area contributed by atoms with Crippen molar-refractivity contribution in [2.75, 3.05) is 32.7 Å². The van der Waals surface area contributed by atoms with Crippen LogP contribution in [0.3, 0.4) is 0 Å². The van der Waals surface area contributed by atoms with Gasteiger partial charge in [0.05, 0.1) is 4.92 Å². The molecule has 0 bridgehead atoms. The van der Waals surface area contributed by atoms with Gasteiger partial charge in [-0.25, -0.2) is 0 Å². The Morgan fingerprint density at radius 1 is 1.08 bits per heavy atom. The monoisotopic (exact) mass is 348 g/mol. The number of rotatable bonds is 5. The average molecular weight is 348 g/mol. The first kappa shape index (κ1) is 18.4. The van der Waals surface area contributed by atoms with Crippen LogP contribution in [0.15, 0.2) is 24.3 Å². The Hall–Kier alpha value is -2.97. The van der Waals surface area contributed by atoms with Gasteiger partial charge in [0.15, 0.2) is 0 Å². The van der Waals surface area contributed by atoms with Crippen LogP contribution < -0.4 is 5.32 Å². The maximum Gasteiger partial charge on any atom is 0.269 e. The number of piperazine rings is 1. The summed E-state index contributed by atoms with van der Waals surface area (Å²) in [5, 5.41) is 13.2. The molecule has 1 saturated heterocycles. The summed E-state index contributed by atoms with van der Waals surface area (Å²) in [6, 6.07) is 5.26. The third-order valence-electron chi connectivity index (χ3n) is 4.04. The van der Waals surface area contributed by atoms with Crippen molar-refractivity contribution in [3.05, 3.63) is 39.9 Å². The first-order valence-corrected chi connectivity index (χ1v) is 7.94. The number of carbonyl (C=O) groups excluding carboxylic acids is 3. The number of hydrogen-bond acceptors (Lipinski definition) is 5. The summed E-state index contributed by atoms with van der Waals surface area (Å²) in [6.07, 6.45) is 0.165. The SMILES string of the molecule is CC(=O)N1CCN(C(=O)CCNC(=O)c2ccc([N+](=O)[O-])cc2)CC1. The van der Waals surface area contributed by atoms with Crippen LogP contribution in [-0.2, 0) is 9.59 Å².